The number of hydrogen-bond acceptors (Lipinski definition) is 4. The Balaban J connectivity index is 2.24. The van der Waals surface area contributed by atoms with Crippen molar-refractivity contribution >= 4 is 11.7 Å². The topological polar surface area (TPSA) is 89.5 Å². The minimum absolute atomic E-state index is 0.225. The summed E-state index contributed by atoms with van der Waals surface area (Å²) in [4.78, 5) is 27.4. The van der Waals surface area contributed by atoms with E-state index in [1.54, 1.807) is 6.92 Å². The molecule has 0 radical (unpaired) electrons. The Labute approximate surface area is 125 Å². The predicted molar refractivity (Wildman–Crippen MR) is 79.8 cm³/mol. The number of nitrogens with zero attached hydrogens (tertiary/aromatic N) is 4. The SMILES string of the molecule is Cc1ccc(-c2nc3n(CC(=O)O)c(C)cc(=O)n3n2)cc1. The van der Waals surface area contributed by atoms with Gasteiger partial charge in [-0.1, -0.05) is 29.8 Å². The average molecular weight is 298 g/mol. The number of carboxylic acid groups (broad SMARTS) is 1. The van der Waals surface area contributed by atoms with Gasteiger partial charge in [-0.15, -0.1) is 5.10 Å². The molecule has 7 nitrogen and oxygen atoms in total. The normalized spacial score (nSPS) is 11.0. The maximum atomic E-state index is 12.0. The molecule has 1 N–H and O–H groups in total. The number of aliphatic carboxylic acids is 1. The van der Waals surface area contributed by atoms with E-state index in [0.717, 1.165) is 15.6 Å². The molecule has 0 amide bonds. The number of rotatable bonds is 3. The second-order valence-electron chi connectivity index (χ2n) is 5.12. The third-order valence-corrected chi connectivity index (χ3v) is 3.40. The molecule has 0 fully saturated rings. The first-order valence-corrected chi connectivity index (χ1v) is 6.72. The van der Waals surface area contributed by atoms with Gasteiger partial charge < -0.3 is 9.67 Å². The fourth-order valence-corrected chi connectivity index (χ4v) is 2.26. The van der Waals surface area contributed by atoms with Crippen LogP contribution < -0.4 is 5.56 Å². The van der Waals surface area contributed by atoms with Crippen LogP contribution in [0.1, 0.15) is 11.3 Å². The third kappa shape index (κ3) is 2.37. The number of hydrogen-bond donors (Lipinski definition) is 1. The van der Waals surface area contributed by atoms with Crippen molar-refractivity contribution in [3.05, 3.63) is 51.9 Å². The van der Waals surface area contributed by atoms with Crippen molar-refractivity contribution in [2.45, 2.75) is 20.4 Å². The molecule has 0 aliphatic heterocycles. The van der Waals surface area contributed by atoms with Crippen LogP contribution in [-0.4, -0.2) is 30.2 Å². The Kier molecular flexibility index (Phi) is 3.25. The summed E-state index contributed by atoms with van der Waals surface area (Å²) in [5, 5.41) is 13.2. The first kappa shape index (κ1) is 14.0. The lowest BCUT2D eigenvalue weighted by Crippen LogP contribution is -2.22. The van der Waals surface area contributed by atoms with Crippen LogP contribution >= 0.6 is 0 Å². The highest BCUT2D eigenvalue weighted by atomic mass is 16.4. The number of aromatic nitrogens is 4. The van der Waals surface area contributed by atoms with Gasteiger partial charge in [0.2, 0.25) is 5.78 Å². The number of benzene rings is 1. The van der Waals surface area contributed by atoms with Gasteiger partial charge in [-0.05, 0) is 13.8 Å². The minimum atomic E-state index is -1.01. The zero-order valence-corrected chi connectivity index (χ0v) is 12.1. The molecule has 7 heteroatoms. The van der Waals surface area contributed by atoms with Crippen LogP contribution in [0.15, 0.2) is 35.1 Å². The number of aryl methyl sites for hydroxylation is 2. The maximum absolute atomic E-state index is 12.0. The molecule has 2 aromatic heterocycles. The molecular formula is C15H14N4O3. The molecule has 3 rings (SSSR count). The minimum Gasteiger partial charge on any atom is -0.480 e. The summed E-state index contributed by atoms with van der Waals surface area (Å²) >= 11 is 0. The van der Waals surface area contributed by atoms with E-state index in [0.29, 0.717) is 11.5 Å². The zero-order valence-electron chi connectivity index (χ0n) is 12.1. The van der Waals surface area contributed by atoms with Crippen molar-refractivity contribution in [1.82, 2.24) is 19.2 Å². The van der Waals surface area contributed by atoms with Crippen LogP contribution in [0, 0.1) is 13.8 Å². The van der Waals surface area contributed by atoms with Crippen molar-refractivity contribution in [2.24, 2.45) is 0 Å². The number of carbonyl (C=O) groups is 1. The van der Waals surface area contributed by atoms with E-state index >= 15 is 0 Å². The van der Waals surface area contributed by atoms with E-state index in [2.05, 4.69) is 10.1 Å². The molecule has 22 heavy (non-hydrogen) atoms. The maximum Gasteiger partial charge on any atom is 0.323 e. The van der Waals surface area contributed by atoms with Gasteiger partial charge in [0.1, 0.15) is 6.54 Å². The van der Waals surface area contributed by atoms with Crippen LogP contribution in [0.4, 0.5) is 0 Å². The Hall–Kier alpha value is -2.96. The lowest BCUT2D eigenvalue weighted by molar-refractivity contribution is -0.137. The average Bonchev–Trinajstić information content (AvgIpc) is 2.89. The van der Waals surface area contributed by atoms with E-state index in [1.807, 2.05) is 31.2 Å². The lowest BCUT2D eigenvalue weighted by atomic mass is 10.1. The van der Waals surface area contributed by atoms with Gasteiger partial charge >= 0.3 is 5.97 Å². The summed E-state index contributed by atoms with van der Waals surface area (Å²) in [7, 11) is 0. The summed E-state index contributed by atoms with van der Waals surface area (Å²) in [6, 6.07) is 8.93. The third-order valence-electron chi connectivity index (χ3n) is 3.40. The van der Waals surface area contributed by atoms with Gasteiger partial charge in [0.25, 0.3) is 5.56 Å². The van der Waals surface area contributed by atoms with Crippen molar-refractivity contribution in [1.29, 1.82) is 0 Å². The van der Waals surface area contributed by atoms with Gasteiger partial charge in [0, 0.05) is 17.3 Å². The molecule has 0 spiro atoms. The van der Waals surface area contributed by atoms with Crippen molar-refractivity contribution in [3.63, 3.8) is 0 Å². The van der Waals surface area contributed by atoms with Crippen LogP contribution in [0.5, 0.6) is 0 Å². The number of carboxylic acids is 1. The van der Waals surface area contributed by atoms with Crippen molar-refractivity contribution < 1.29 is 9.90 Å². The molecule has 112 valence electrons. The van der Waals surface area contributed by atoms with Gasteiger partial charge in [-0.25, -0.2) is 0 Å². The van der Waals surface area contributed by atoms with E-state index < -0.39 is 5.97 Å². The van der Waals surface area contributed by atoms with Crippen LogP contribution in [-0.2, 0) is 11.3 Å². The summed E-state index contributed by atoms with van der Waals surface area (Å²) in [6.45, 7) is 3.37. The van der Waals surface area contributed by atoms with E-state index in [1.165, 1.54) is 10.6 Å². The molecule has 0 unspecified atom stereocenters. The molecule has 3 aromatic rings. The van der Waals surface area contributed by atoms with Crippen molar-refractivity contribution in [2.75, 3.05) is 0 Å². The molecule has 0 aliphatic rings. The summed E-state index contributed by atoms with van der Waals surface area (Å²) in [5.74, 6) is -0.390. The molecule has 0 aliphatic carbocycles. The first-order chi connectivity index (χ1) is 10.5. The fraction of sp³-hybridized carbons (Fsp3) is 0.200. The summed E-state index contributed by atoms with van der Waals surface area (Å²) < 4.78 is 2.58. The fourth-order valence-electron chi connectivity index (χ4n) is 2.26. The highest BCUT2D eigenvalue weighted by molar-refractivity contribution is 5.67. The van der Waals surface area contributed by atoms with Crippen molar-refractivity contribution in [3.8, 4) is 11.4 Å². The van der Waals surface area contributed by atoms with Crippen LogP contribution in [0.2, 0.25) is 0 Å². The Morgan fingerprint density at radius 3 is 2.55 bits per heavy atom. The molecule has 0 bridgehead atoms. The summed E-state index contributed by atoms with van der Waals surface area (Å²) in [5.41, 5.74) is 2.07. The molecule has 2 heterocycles. The second-order valence-corrected chi connectivity index (χ2v) is 5.12. The standard InChI is InChI=1S/C15H14N4O3/c1-9-3-5-11(6-4-9)14-16-15-18(8-13(21)22)10(2)7-12(20)19(15)17-14/h3-7H,8H2,1-2H3,(H,21,22). The second kappa shape index (κ2) is 5.10. The Morgan fingerprint density at radius 1 is 1.23 bits per heavy atom. The number of fused-ring (bicyclic) bond motifs is 1. The smallest absolute Gasteiger partial charge is 0.323 e. The largest absolute Gasteiger partial charge is 0.480 e. The molecule has 1 aromatic carbocycles. The van der Waals surface area contributed by atoms with Gasteiger partial charge in [-0.2, -0.15) is 9.50 Å². The highest BCUT2D eigenvalue weighted by Crippen LogP contribution is 2.16. The van der Waals surface area contributed by atoms with Crippen LogP contribution in [0.25, 0.3) is 17.2 Å². The highest BCUT2D eigenvalue weighted by Gasteiger charge is 2.14. The van der Waals surface area contributed by atoms with E-state index in [4.69, 9.17) is 5.11 Å². The zero-order chi connectivity index (χ0) is 15.9. The Bertz CT molecular complexity index is 922. The molecule has 0 saturated heterocycles. The van der Waals surface area contributed by atoms with Crippen LogP contribution in [0.3, 0.4) is 0 Å². The van der Waals surface area contributed by atoms with Gasteiger partial charge in [0.15, 0.2) is 5.82 Å². The molecular weight excluding hydrogens is 284 g/mol. The molecule has 0 saturated carbocycles. The predicted octanol–water partition coefficient (Wildman–Crippen LogP) is 1.26. The van der Waals surface area contributed by atoms with Gasteiger partial charge in [0.05, 0.1) is 0 Å². The van der Waals surface area contributed by atoms with E-state index in [-0.39, 0.29) is 17.9 Å². The molecule has 0 atom stereocenters. The monoisotopic (exact) mass is 298 g/mol. The van der Waals surface area contributed by atoms with Gasteiger partial charge in [-0.3, -0.25) is 9.59 Å². The Morgan fingerprint density at radius 2 is 1.91 bits per heavy atom. The first-order valence-electron chi connectivity index (χ1n) is 6.72. The lowest BCUT2D eigenvalue weighted by Gasteiger charge is -2.07. The van der Waals surface area contributed by atoms with E-state index in [9.17, 15) is 9.59 Å². The summed E-state index contributed by atoms with van der Waals surface area (Å²) in [6.07, 6.45) is 0. The quantitative estimate of drug-likeness (QED) is 0.786.